The molecule has 0 bridgehead atoms. The van der Waals surface area contributed by atoms with E-state index in [1.807, 2.05) is 38.1 Å². The van der Waals surface area contributed by atoms with Crippen molar-refractivity contribution in [3.05, 3.63) is 93.9 Å². The van der Waals surface area contributed by atoms with Crippen molar-refractivity contribution in [1.82, 2.24) is 10.2 Å². The van der Waals surface area contributed by atoms with Crippen LogP contribution in [0.4, 0.5) is 5.69 Å². The summed E-state index contributed by atoms with van der Waals surface area (Å²) in [5.41, 5.74) is 0.965. The molecule has 3 aromatic carbocycles. The molecule has 0 radical (unpaired) electrons. The average Bonchev–Trinajstić information content (AvgIpc) is 2.90. The van der Waals surface area contributed by atoms with Crippen LogP contribution in [0.3, 0.4) is 0 Å². The molecule has 0 heterocycles. The van der Waals surface area contributed by atoms with Crippen LogP contribution in [0.25, 0.3) is 0 Å². The summed E-state index contributed by atoms with van der Waals surface area (Å²) in [6.07, 6.45) is 0. The predicted molar refractivity (Wildman–Crippen MR) is 154 cm³/mol. The molecule has 1 N–H and O–H groups in total. The van der Waals surface area contributed by atoms with Gasteiger partial charge in [0.1, 0.15) is 12.6 Å². The third-order valence-corrected chi connectivity index (χ3v) is 8.47. The fraction of sp³-hybridized carbons (Fsp3) is 0.286. The van der Waals surface area contributed by atoms with Crippen molar-refractivity contribution in [3.8, 4) is 0 Å². The van der Waals surface area contributed by atoms with Crippen molar-refractivity contribution >= 4 is 55.1 Å². The van der Waals surface area contributed by atoms with Crippen LogP contribution < -0.4 is 9.62 Å². The zero-order chi connectivity index (χ0) is 27.9. The van der Waals surface area contributed by atoms with Gasteiger partial charge in [0.25, 0.3) is 10.0 Å². The number of halogens is 2. The number of benzene rings is 3. The minimum absolute atomic E-state index is 0.0231. The zero-order valence-electron chi connectivity index (χ0n) is 21.5. The summed E-state index contributed by atoms with van der Waals surface area (Å²) < 4.78 is 29.3. The number of nitrogens with one attached hydrogen (secondary N) is 1. The fourth-order valence-electron chi connectivity index (χ4n) is 3.71. The van der Waals surface area contributed by atoms with Gasteiger partial charge in [-0.3, -0.25) is 13.9 Å². The first kappa shape index (κ1) is 29.7. The lowest BCUT2D eigenvalue weighted by atomic mass is 10.1. The first-order valence-corrected chi connectivity index (χ1v) is 14.8. The Hall–Kier alpha value is -2.88. The molecule has 0 aromatic heterocycles. The number of hydrogen-bond donors (Lipinski definition) is 1. The molecule has 0 aliphatic heterocycles. The SMILES string of the molecule is CC(C)CNC(=O)C(C)N(Cc1ccc(Br)cc1)C(=O)CN(c1ccccc1Cl)S(=O)(=O)c1ccccc1. The van der Waals surface area contributed by atoms with E-state index in [0.717, 1.165) is 14.3 Å². The Labute approximate surface area is 238 Å². The highest BCUT2D eigenvalue weighted by Crippen LogP contribution is 2.30. The number of nitrogens with zero attached hydrogens (tertiary/aromatic N) is 2. The van der Waals surface area contributed by atoms with Gasteiger partial charge in [0.2, 0.25) is 11.8 Å². The van der Waals surface area contributed by atoms with E-state index in [0.29, 0.717) is 6.54 Å². The second kappa shape index (κ2) is 13.3. The molecule has 0 saturated heterocycles. The van der Waals surface area contributed by atoms with Gasteiger partial charge in [-0.05, 0) is 54.8 Å². The van der Waals surface area contributed by atoms with Gasteiger partial charge >= 0.3 is 0 Å². The molecule has 10 heteroatoms. The lowest BCUT2D eigenvalue weighted by Crippen LogP contribution is -2.51. The maximum Gasteiger partial charge on any atom is 0.264 e. The molecule has 1 unspecified atom stereocenters. The van der Waals surface area contributed by atoms with Crippen LogP contribution in [-0.4, -0.2) is 44.3 Å². The number of anilines is 1. The van der Waals surface area contributed by atoms with Crippen LogP contribution in [0.2, 0.25) is 5.02 Å². The van der Waals surface area contributed by atoms with E-state index in [4.69, 9.17) is 11.6 Å². The van der Waals surface area contributed by atoms with Crippen molar-refractivity contribution in [2.45, 2.75) is 38.3 Å². The van der Waals surface area contributed by atoms with Crippen molar-refractivity contribution < 1.29 is 18.0 Å². The van der Waals surface area contributed by atoms with Gasteiger partial charge < -0.3 is 10.2 Å². The minimum Gasteiger partial charge on any atom is -0.354 e. The largest absolute Gasteiger partial charge is 0.354 e. The van der Waals surface area contributed by atoms with Gasteiger partial charge in [0.05, 0.1) is 15.6 Å². The van der Waals surface area contributed by atoms with Gasteiger partial charge in [-0.2, -0.15) is 0 Å². The summed E-state index contributed by atoms with van der Waals surface area (Å²) in [5, 5.41) is 3.05. The molecule has 7 nitrogen and oxygen atoms in total. The number of hydrogen-bond acceptors (Lipinski definition) is 4. The highest BCUT2D eigenvalue weighted by molar-refractivity contribution is 9.10. The van der Waals surface area contributed by atoms with Crippen molar-refractivity contribution in [1.29, 1.82) is 0 Å². The number of amides is 2. The Kier molecular flexibility index (Phi) is 10.4. The quantitative estimate of drug-likeness (QED) is 0.307. The molecule has 38 heavy (non-hydrogen) atoms. The number of para-hydroxylation sites is 1. The van der Waals surface area contributed by atoms with Gasteiger partial charge in [0, 0.05) is 17.6 Å². The first-order valence-electron chi connectivity index (χ1n) is 12.1. The Morgan fingerprint density at radius 1 is 0.921 bits per heavy atom. The first-order chi connectivity index (χ1) is 18.0. The third kappa shape index (κ3) is 7.58. The number of rotatable bonds is 11. The summed E-state index contributed by atoms with van der Waals surface area (Å²) in [4.78, 5) is 28.3. The standard InChI is InChI=1S/C28H31BrClN3O4S/c1-20(2)17-31-28(35)21(3)32(18-22-13-15-23(29)16-14-22)27(34)19-33(26-12-8-7-11-25(26)30)38(36,37)24-9-5-4-6-10-24/h4-16,20-21H,17-19H2,1-3H3,(H,31,35). The van der Waals surface area contributed by atoms with Crippen molar-refractivity contribution in [2.75, 3.05) is 17.4 Å². The van der Waals surface area contributed by atoms with Crippen LogP contribution in [0.1, 0.15) is 26.3 Å². The highest BCUT2D eigenvalue weighted by Gasteiger charge is 2.33. The molecular weight excluding hydrogens is 590 g/mol. The maximum atomic E-state index is 13.9. The average molecular weight is 621 g/mol. The Morgan fingerprint density at radius 2 is 1.53 bits per heavy atom. The summed E-state index contributed by atoms with van der Waals surface area (Å²) in [6, 6.07) is 20.8. The maximum absolute atomic E-state index is 13.9. The van der Waals surface area contributed by atoms with Crippen LogP contribution >= 0.6 is 27.5 Å². The molecule has 202 valence electrons. The lowest BCUT2D eigenvalue weighted by molar-refractivity contribution is -0.139. The molecule has 0 spiro atoms. The van der Waals surface area contributed by atoms with E-state index in [2.05, 4.69) is 21.2 Å². The molecule has 1 atom stereocenters. The number of carbonyl (C=O) groups excluding carboxylic acids is 2. The minimum atomic E-state index is -4.16. The van der Waals surface area contributed by atoms with Crippen LogP contribution in [0.5, 0.6) is 0 Å². The Morgan fingerprint density at radius 3 is 2.13 bits per heavy atom. The molecule has 0 saturated carbocycles. The van der Waals surface area contributed by atoms with Crippen LogP contribution in [-0.2, 0) is 26.2 Å². The van der Waals surface area contributed by atoms with Crippen molar-refractivity contribution in [3.63, 3.8) is 0 Å². The molecule has 2 amide bonds. The smallest absolute Gasteiger partial charge is 0.264 e. The topological polar surface area (TPSA) is 86.8 Å². The van der Waals surface area contributed by atoms with E-state index in [1.54, 1.807) is 49.4 Å². The summed E-state index contributed by atoms with van der Waals surface area (Å²) >= 11 is 9.81. The second-order valence-corrected chi connectivity index (χ2v) is 12.4. The second-order valence-electron chi connectivity index (χ2n) is 9.24. The summed E-state index contributed by atoms with van der Waals surface area (Å²) in [7, 11) is -4.16. The third-order valence-electron chi connectivity index (χ3n) is 5.85. The van der Waals surface area contributed by atoms with Gasteiger partial charge in [-0.1, -0.05) is 83.8 Å². The monoisotopic (exact) mass is 619 g/mol. The van der Waals surface area contributed by atoms with Gasteiger partial charge in [0.15, 0.2) is 0 Å². The summed E-state index contributed by atoms with van der Waals surface area (Å²) in [6.45, 7) is 5.62. The van der Waals surface area contributed by atoms with E-state index >= 15 is 0 Å². The molecule has 0 aliphatic carbocycles. The van der Waals surface area contributed by atoms with E-state index < -0.39 is 28.5 Å². The zero-order valence-corrected chi connectivity index (χ0v) is 24.6. The Bertz CT molecular complexity index is 1350. The van der Waals surface area contributed by atoms with E-state index in [9.17, 15) is 18.0 Å². The summed E-state index contributed by atoms with van der Waals surface area (Å²) in [5.74, 6) is -0.632. The fourth-order valence-corrected chi connectivity index (χ4v) is 5.71. The van der Waals surface area contributed by atoms with Gasteiger partial charge in [-0.15, -0.1) is 0 Å². The molecule has 0 aliphatic rings. The number of sulfonamides is 1. The van der Waals surface area contributed by atoms with Crippen LogP contribution in [0, 0.1) is 5.92 Å². The lowest BCUT2D eigenvalue weighted by Gasteiger charge is -2.32. The molecule has 0 fully saturated rings. The Balaban J connectivity index is 2.00. The van der Waals surface area contributed by atoms with Gasteiger partial charge in [-0.25, -0.2) is 8.42 Å². The van der Waals surface area contributed by atoms with Crippen LogP contribution in [0.15, 0.2) is 88.2 Å². The van der Waals surface area contributed by atoms with Crippen molar-refractivity contribution in [2.24, 2.45) is 5.92 Å². The highest BCUT2D eigenvalue weighted by atomic mass is 79.9. The van der Waals surface area contributed by atoms with E-state index in [-0.39, 0.29) is 34.0 Å². The molecular formula is C28H31BrClN3O4S. The van der Waals surface area contributed by atoms with E-state index in [1.165, 1.54) is 17.0 Å². The number of carbonyl (C=O) groups is 2. The molecule has 3 rings (SSSR count). The molecule has 3 aromatic rings. The predicted octanol–water partition coefficient (Wildman–Crippen LogP) is 5.49. The normalized spacial score (nSPS) is 12.2.